The average Bonchev–Trinajstić information content (AvgIpc) is 3.26. The molecule has 1 aromatic carbocycles. The fourth-order valence-electron chi connectivity index (χ4n) is 3.43. The normalized spacial score (nSPS) is 21.1. The van der Waals surface area contributed by atoms with Gasteiger partial charge >= 0.3 is 0 Å². The Kier molecular flexibility index (Phi) is 4.53. The summed E-state index contributed by atoms with van der Waals surface area (Å²) < 4.78 is 0. The Morgan fingerprint density at radius 2 is 2.00 bits per heavy atom. The number of amides is 3. The number of benzene rings is 1. The summed E-state index contributed by atoms with van der Waals surface area (Å²) in [4.78, 5) is 35.1. The molecule has 1 aliphatic heterocycles. The lowest BCUT2D eigenvalue weighted by atomic mass is 9.92. The Morgan fingerprint density at radius 1 is 1.25 bits per heavy atom. The van der Waals surface area contributed by atoms with Crippen molar-refractivity contribution in [3.05, 3.63) is 29.8 Å². The van der Waals surface area contributed by atoms with Crippen LogP contribution in [0, 0.1) is 11.3 Å². The number of piperidine rings is 1. The van der Waals surface area contributed by atoms with E-state index in [1.54, 1.807) is 24.3 Å². The summed E-state index contributed by atoms with van der Waals surface area (Å²) in [5.41, 5.74) is 6.14. The molecular weight excluding hydrogens is 308 g/mol. The van der Waals surface area contributed by atoms with Crippen LogP contribution in [0.3, 0.4) is 0 Å². The molecule has 0 radical (unpaired) electrons. The molecule has 1 heterocycles. The maximum atomic E-state index is 12.5. The van der Waals surface area contributed by atoms with Gasteiger partial charge in [0, 0.05) is 17.2 Å². The predicted molar refractivity (Wildman–Crippen MR) is 89.2 cm³/mol. The summed E-state index contributed by atoms with van der Waals surface area (Å²) in [6, 6.07) is 6.67. The van der Waals surface area contributed by atoms with E-state index in [-0.39, 0.29) is 23.8 Å². The molecule has 0 aromatic heterocycles. The fourth-order valence-corrected chi connectivity index (χ4v) is 3.43. The molecule has 3 amide bonds. The topological polar surface area (TPSA) is 113 Å². The zero-order chi connectivity index (χ0) is 17.2. The standard InChI is InChI=1S/C17H22N4O3/c18-14(22)10-20-15(23)11-2-1-3-12(8-11)21-16(24)13-9-17(13)4-6-19-7-5-17/h1-3,8,13,19H,4-7,9-10H2,(H2,18,22)(H,20,23)(H,21,24). The van der Waals surface area contributed by atoms with E-state index < -0.39 is 11.8 Å². The third-order valence-electron chi connectivity index (χ3n) is 4.92. The molecule has 1 saturated carbocycles. The minimum atomic E-state index is -0.603. The molecule has 1 aliphatic carbocycles. The highest BCUT2D eigenvalue weighted by atomic mass is 16.2. The summed E-state index contributed by atoms with van der Waals surface area (Å²) in [7, 11) is 0. The summed E-state index contributed by atoms with van der Waals surface area (Å²) in [6.45, 7) is 1.73. The highest BCUT2D eigenvalue weighted by Crippen LogP contribution is 2.58. The molecule has 0 bridgehead atoms. The van der Waals surface area contributed by atoms with Crippen LogP contribution < -0.4 is 21.7 Å². The molecule has 5 N–H and O–H groups in total. The van der Waals surface area contributed by atoms with Gasteiger partial charge in [-0.1, -0.05) is 6.07 Å². The lowest BCUT2D eigenvalue weighted by Gasteiger charge is -2.23. The second-order valence-corrected chi connectivity index (χ2v) is 6.59. The van der Waals surface area contributed by atoms with Crippen LogP contribution in [0.4, 0.5) is 5.69 Å². The molecule has 7 nitrogen and oxygen atoms in total. The van der Waals surface area contributed by atoms with E-state index in [2.05, 4.69) is 16.0 Å². The maximum absolute atomic E-state index is 12.5. The van der Waals surface area contributed by atoms with Gasteiger partial charge in [0.2, 0.25) is 11.8 Å². The first kappa shape index (κ1) is 16.4. The molecule has 128 valence electrons. The molecule has 3 rings (SSSR count). The molecule has 2 aliphatic rings. The van der Waals surface area contributed by atoms with Crippen molar-refractivity contribution in [1.29, 1.82) is 0 Å². The van der Waals surface area contributed by atoms with Crippen LogP contribution in [-0.2, 0) is 9.59 Å². The smallest absolute Gasteiger partial charge is 0.251 e. The number of hydrogen-bond donors (Lipinski definition) is 4. The van der Waals surface area contributed by atoms with Gasteiger partial charge < -0.3 is 21.7 Å². The van der Waals surface area contributed by atoms with Crippen LogP contribution in [-0.4, -0.2) is 37.4 Å². The SMILES string of the molecule is NC(=O)CNC(=O)c1cccc(NC(=O)C2CC23CCNCC3)c1. The second kappa shape index (κ2) is 6.60. The Hall–Kier alpha value is -2.41. The number of nitrogens with two attached hydrogens (primary N) is 1. The van der Waals surface area contributed by atoms with Crippen molar-refractivity contribution < 1.29 is 14.4 Å². The van der Waals surface area contributed by atoms with E-state index in [9.17, 15) is 14.4 Å². The van der Waals surface area contributed by atoms with Gasteiger partial charge in [0.05, 0.1) is 6.54 Å². The first-order valence-corrected chi connectivity index (χ1v) is 8.18. The third kappa shape index (κ3) is 3.56. The number of primary amides is 1. The Bertz CT molecular complexity index is 668. The monoisotopic (exact) mass is 330 g/mol. The molecule has 1 aromatic rings. The lowest BCUT2D eigenvalue weighted by Crippen LogP contribution is -2.33. The molecule has 24 heavy (non-hydrogen) atoms. The van der Waals surface area contributed by atoms with Gasteiger partial charge in [-0.15, -0.1) is 0 Å². The molecule has 1 unspecified atom stereocenters. The zero-order valence-electron chi connectivity index (χ0n) is 13.4. The summed E-state index contributed by atoms with van der Waals surface area (Å²) in [5, 5.41) is 8.65. The number of hydrogen-bond acceptors (Lipinski definition) is 4. The Labute approximate surface area is 140 Å². The minimum Gasteiger partial charge on any atom is -0.368 e. The number of anilines is 1. The van der Waals surface area contributed by atoms with Crippen LogP contribution in [0.2, 0.25) is 0 Å². The van der Waals surface area contributed by atoms with Gasteiger partial charge in [0.1, 0.15) is 0 Å². The first-order chi connectivity index (χ1) is 11.5. The second-order valence-electron chi connectivity index (χ2n) is 6.59. The Balaban J connectivity index is 1.59. The molecular formula is C17H22N4O3. The highest BCUT2D eigenvalue weighted by molar-refractivity contribution is 5.99. The van der Waals surface area contributed by atoms with Crippen molar-refractivity contribution in [3.8, 4) is 0 Å². The number of carbonyl (C=O) groups is 3. The Morgan fingerprint density at radius 3 is 2.71 bits per heavy atom. The molecule has 1 saturated heterocycles. The third-order valence-corrected chi connectivity index (χ3v) is 4.92. The van der Waals surface area contributed by atoms with Gasteiger partial charge in [-0.05, 0) is 56.0 Å². The van der Waals surface area contributed by atoms with E-state index in [0.29, 0.717) is 11.3 Å². The molecule has 1 atom stereocenters. The highest BCUT2D eigenvalue weighted by Gasteiger charge is 2.57. The van der Waals surface area contributed by atoms with Crippen LogP contribution in [0.25, 0.3) is 0 Å². The maximum Gasteiger partial charge on any atom is 0.251 e. The van der Waals surface area contributed by atoms with Gasteiger partial charge in [0.15, 0.2) is 0 Å². The van der Waals surface area contributed by atoms with Crippen LogP contribution in [0.5, 0.6) is 0 Å². The number of carbonyl (C=O) groups excluding carboxylic acids is 3. The van der Waals surface area contributed by atoms with Crippen LogP contribution in [0.1, 0.15) is 29.6 Å². The van der Waals surface area contributed by atoms with Crippen molar-refractivity contribution in [3.63, 3.8) is 0 Å². The van der Waals surface area contributed by atoms with Crippen LogP contribution in [0.15, 0.2) is 24.3 Å². The van der Waals surface area contributed by atoms with Crippen molar-refractivity contribution in [2.24, 2.45) is 17.1 Å². The summed E-state index contributed by atoms with van der Waals surface area (Å²) in [5.74, 6) is -0.918. The van der Waals surface area contributed by atoms with E-state index in [0.717, 1.165) is 32.4 Å². The van der Waals surface area contributed by atoms with Crippen molar-refractivity contribution >= 4 is 23.4 Å². The van der Waals surface area contributed by atoms with E-state index >= 15 is 0 Å². The summed E-state index contributed by atoms with van der Waals surface area (Å²) in [6.07, 6.45) is 3.03. The molecule has 7 heteroatoms. The molecule has 2 fully saturated rings. The van der Waals surface area contributed by atoms with Gasteiger partial charge in [-0.3, -0.25) is 14.4 Å². The van der Waals surface area contributed by atoms with E-state index in [1.807, 2.05) is 0 Å². The quantitative estimate of drug-likeness (QED) is 0.619. The van der Waals surface area contributed by atoms with Crippen molar-refractivity contribution in [2.75, 3.05) is 25.0 Å². The van der Waals surface area contributed by atoms with Gasteiger partial charge in [-0.2, -0.15) is 0 Å². The van der Waals surface area contributed by atoms with Gasteiger partial charge in [-0.25, -0.2) is 0 Å². The fraction of sp³-hybridized carbons (Fsp3) is 0.471. The molecule has 1 spiro atoms. The van der Waals surface area contributed by atoms with E-state index in [1.165, 1.54) is 0 Å². The largest absolute Gasteiger partial charge is 0.368 e. The zero-order valence-corrected chi connectivity index (χ0v) is 13.4. The summed E-state index contributed by atoms with van der Waals surface area (Å²) >= 11 is 0. The lowest BCUT2D eigenvalue weighted by molar-refractivity contribution is -0.118. The van der Waals surface area contributed by atoms with Gasteiger partial charge in [0.25, 0.3) is 5.91 Å². The minimum absolute atomic E-state index is 0.0200. The number of nitrogens with one attached hydrogen (secondary N) is 3. The predicted octanol–water partition coefficient (Wildman–Crippen LogP) is 0.230. The van der Waals surface area contributed by atoms with E-state index in [4.69, 9.17) is 5.73 Å². The number of rotatable bonds is 5. The first-order valence-electron chi connectivity index (χ1n) is 8.18. The average molecular weight is 330 g/mol. The van der Waals surface area contributed by atoms with Crippen LogP contribution >= 0.6 is 0 Å². The van der Waals surface area contributed by atoms with Crippen molar-refractivity contribution in [1.82, 2.24) is 10.6 Å². The van der Waals surface area contributed by atoms with Crippen molar-refractivity contribution in [2.45, 2.75) is 19.3 Å².